The molecular formula is C12H23NO2. The summed E-state index contributed by atoms with van der Waals surface area (Å²) in [7, 11) is 0. The van der Waals surface area contributed by atoms with Gasteiger partial charge in [-0.25, -0.2) is 0 Å². The van der Waals surface area contributed by atoms with Crippen molar-refractivity contribution in [2.75, 3.05) is 13.2 Å². The lowest BCUT2D eigenvalue weighted by Gasteiger charge is -2.19. The van der Waals surface area contributed by atoms with Crippen LogP contribution in [0.5, 0.6) is 0 Å². The zero-order valence-electron chi connectivity index (χ0n) is 10.1. The monoisotopic (exact) mass is 213 g/mol. The molecule has 3 atom stereocenters. The van der Waals surface area contributed by atoms with Gasteiger partial charge < -0.3 is 10.1 Å². The van der Waals surface area contributed by atoms with Crippen LogP contribution in [0.4, 0.5) is 0 Å². The summed E-state index contributed by atoms with van der Waals surface area (Å²) in [6.45, 7) is 7.42. The number of ether oxygens (including phenoxy) is 1. The molecule has 0 heterocycles. The molecule has 0 aromatic carbocycles. The predicted octanol–water partition coefficient (Wildman–Crippen LogP) is 1.96. The first-order valence-corrected chi connectivity index (χ1v) is 6.05. The van der Waals surface area contributed by atoms with Crippen molar-refractivity contribution < 1.29 is 9.53 Å². The maximum Gasteiger partial charge on any atom is 0.322 e. The van der Waals surface area contributed by atoms with E-state index >= 15 is 0 Å². The molecule has 3 nitrogen and oxygen atoms in total. The second-order valence-corrected chi connectivity index (χ2v) is 4.55. The van der Waals surface area contributed by atoms with Gasteiger partial charge in [0.25, 0.3) is 0 Å². The van der Waals surface area contributed by atoms with Gasteiger partial charge in [0.2, 0.25) is 0 Å². The molecule has 3 unspecified atom stereocenters. The average Bonchev–Trinajstić information content (AvgIpc) is 2.61. The largest absolute Gasteiger partial charge is 0.465 e. The number of carbonyl (C=O) groups is 1. The molecule has 0 aromatic heterocycles. The van der Waals surface area contributed by atoms with Crippen LogP contribution in [0, 0.1) is 11.8 Å². The summed E-state index contributed by atoms with van der Waals surface area (Å²) in [5.74, 6) is 1.40. The first kappa shape index (κ1) is 12.5. The molecule has 88 valence electrons. The molecule has 0 aliphatic heterocycles. The van der Waals surface area contributed by atoms with Crippen LogP contribution in [0.1, 0.15) is 40.0 Å². The van der Waals surface area contributed by atoms with Gasteiger partial charge in [0.15, 0.2) is 0 Å². The molecule has 1 rings (SSSR count). The van der Waals surface area contributed by atoms with Crippen LogP contribution >= 0.6 is 0 Å². The summed E-state index contributed by atoms with van der Waals surface area (Å²) in [4.78, 5) is 11.3. The van der Waals surface area contributed by atoms with E-state index in [1.54, 1.807) is 0 Å². The van der Waals surface area contributed by atoms with Crippen molar-refractivity contribution in [1.82, 2.24) is 5.32 Å². The highest BCUT2D eigenvalue weighted by molar-refractivity contribution is 5.75. The van der Waals surface area contributed by atoms with Crippen molar-refractivity contribution in [3.8, 4) is 0 Å². The van der Waals surface area contributed by atoms with Crippen LogP contribution in [0.25, 0.3) is 0 Å². The third kappa shape index (κ3) is 3.82. The molecule has 1 aliphatic rings. The number of esters is 1. The van der Waals surface area contributed by atoms with E-state index in [1.807, 2.05) is 13.8 Å². The first-order chi connectivity index (χ1) is 7.15. The van der Waals surface area contributed by atoms with Crippen molar-refractivity contribution in [2.24, 2.45) is 11.8 Å². The van der Waals surface area contributed by atoms with Gasteiger partial charge >= 0.3 is 5.97 Å². The van der Waals surface area contributed by atoms with E-state index in [0.717, 1.165) is 18.4 Å². The van der Waals surface area contributed by atoms with Gasteiger partial charge in [0, 0.05) is 0 Å². The molecule has 0 saturated heterocycles. The second kappa shape index (κ2) is 6.11. The van der Waals surface area contributed by atoms with E-state index in [1.165, 1.54) is 19.3 Å². The van der Waals surface area contributed by atoms with E-state index in [4.69, 9.17) is 4.74 Å². The molecule has 1 aliphatic carbocycles. The van der Waals surface area contributed by atoms with Crippen molar-refractivity contribution in [1.29, 1.82) is 0 Å². The molecule has 0 radical (unpaired) electrons. The Labute approximate surface area is 92.6 Å². The fraction of sp³-hybridized carbons (Fsp3) is 0.917. The minimum absolute atomic E-state index is 0.136. The van der Waals surface area contributed by atoms with Crippen LogP contribution in [0.2, 0.25) is 0 Å². The van der Waals surface area contributed by atoms with Crippen LogP contribution in [-0.4, -0.2) is 25.2 Å². The average molecular weight is 213 g/mol. The summed E-state index contributed by atoms with van der Waals surface area (Å²) in [5, 5.41) is 3.26. The third-order valence-electron chi connectivity index (χ3n) is 3.37. The lowest BCUT2D eigenvalue weighted by Crippen LogP contribution is -2.38. The zero-order chi connectivity index (χ0) is 11.3. The van der Waals surface area contributed by atoms with E-state index < -0.39 is 0 Å². The Morgan fingerprint density at radius 3 is 2.80 bits per heavy atom. The molecule has 3 heteroatoms. The maximum absolute atomic E-state index is 11.3. The molecule has 0 bridgehead atoms. The third-order valence-corrected chi connectivity index (χ3v) is 3.37. The Bertz CT molecular complexity index is 206. The minimum atomic E-state index is -0.169. The fourth-order valence-corrected chi connectivity index (χ4v) is 2.20. The summed E-state index contributed by atoms with van der Waals surface area (Å²) in [6, 6.07) is -0.169. The highest BCUT2D eigenvalue weighted by Gasteiger charge is 2.24. The number of hydrogen-bond donors (Lipinski definition) is 1. The lowest BCUT2D eigenvalue weighted by atomic mass is 9.98. The Morgan fingerprint density at radius 2 is 2.27 bits per heavy atom. The van der Waals surface area contributed by atoms with Crippen molar-refractivity contribution >= 4 is 5.97 Å². The van der Waals surface area contributed by atoms with Crippen LogP contribution in [-0.2, 0) is 9.53 Å². The molecule has 1 fully saturated rings. The summed E-state index contributed by atoms with van der Waals surface area (Å²) < 4.78 is 4.94. The van der Waals surface area contributed by atoms with Crippen LogP contribution < -0.4 is 5.32 Å². The SMILES string of the molecule is CCOC(=O)C(C)NCC1CCCC1C. The Morgan fingerprint density at radius 1 is 1.53 bits per heavy atom. The van der Waals surface area contributed by atoms with E-state index in [9.17, 15) is 4.79 Å². The number of hydrogen-bond acceptors (Lipinski definition) is 3. The van der Waals surface area contributed by atoms with Gasteiger partial charge in [-0.05, 0) is 38.6 Å². The molecule has 15 heavy (non-hydrogen) atoms. The molecule has 0 aromatic rings. The Balaban J connectivity index is 2.21. The predicted molar refractivity (Wildman–Crippen MR) is 60.6 cm³/mol. The van der Waals surface area contributed by atoms with Crippen LogP contribution in [0.3, 0.4) is 0 Å². The minimum Gasteiger partial charge on any atom is -0.465 e. The van der Waals surface area contributed by atoms with E-state index in [0.29, 0.717) is 6.61 Å². The summed E-state index contributed by atoms with van der Waals surface area (Å²) in [6.07, 6.45) is 3.96. The van der Waals surface area contributed by atoms with Gasteiger partial charge in [-0.1, -0.05) is 19.8 Å². The maximum atomic E-state index is 11.3. The van der Waals surface area contributed by atoms with Crippen molar-refractivity contribution in [2.45, 2.75) is 46.1 Å². The van der Waals surface area contributed by atoms with Gasteiger partial charge in [-0.15, -0.1) is 0 Å². The lowest BCUT2D eigenvalue weighted by molar-refractivity contribution is -0.145. The summed E-state index contributed by atoms with van der Waals surface area (Å²) in [5.41, 5.74) is 0. The fourth-order valence-electron chi connectivity index (χ4n) is 2.20. The second-order valence-electron chi connectivity index (χ2n) is 4.55. The van der Waals surface area contributed by atoms with Crippen LogP contribution in [0.15, 0.2) is 0 Å². The number of carbonyl (C=O) groups excluding carboxylic acids is 1. The highest BCUT2D eigenvalue weighted by Crippen LogP contribution is 2.30. The molecular weight excluding hydrogens is 190 g/mol. The number of rotatable bonds is 5. The van der Waals surface area contributed by atoms with Crippen molar-refractivity contribution in [3.63, 3.8) is 0 Å². The smallest absolute Gasteiger partial charge is 0.322 e. The first-order valence-electron chi connectivity index (χ1n) is 6.05. The standard InChI is InChI=1S/C12H23NO2/c1-4-15-12(14)10(3)13-8-11-7-5-6-9(11)2/h9-11,13H,4-8H2,1-3H3. The zero-order valence-corrected chi connectivity index (χ0v) is 10.1. The molecule has 0 amide bonds. The van der Waals surface area contributed by atoms with E-state index in [-0.39, 0.29) is 12.0 Å². The van der Waals surface area contributed by atoms with Gasteiger partial charge in [-0.2, -0.15) is 0 Å². The molecule has 0 spiro atoms. The van der Waals surface area contributed by atoms with Gasteiger partial charge in [0.05, 0.1) is 6.61 Å². The number of nitrogens with one attached hydrogen (secondary N) is 1. The highest BCUT2D eigenvalue weighted by atomic mass is 16.5. The quantitative estimate of drug-likeness (QED) is 0.709. The molecule has 1 N–H and O–H groups in total. The summed E-state index contributed by atoms with van der Waals surface area (Å²) >= 11 is 0. The Kier molecular flexibility index (Phi) is 5.09. The topological polar surface area (TPSA) is 38.3 Å². The van der Waals surface area contributed by atoms with Gasteiger partial charge in [-0.3, -0.25) is 4.79 Å². The molecule has 1 saturated carbocycles. The Hall–Kier alpha value is -0.570. The van der Waals surface area contributed by atoms with Gasteiger partial charge in [0.1, 0.15) is 6.04 Å². The van der Waals surface area contributed by atoms with E-state index in [2.05, 4.69) is 12.2 Å². The van der Waals surface area contributed by atoms with Crippen molar-refractivity contribution in [3.05, 3.63) is 0 Å². The normalized spacial score (nSPS) is 27.7.